The number of nitrogens with one attached hydrogen (secondary N) is 3. The van der Waals surface area contributed by atoms with Crippen LogP contribution in [0.3, 0.4) is 0 Å². The molecule has 3 N–H and O–H groups in total. The van der Waals surface area contributed by atoms with E-state index in [9.17, 15) is 14.4 Å². The van der Waals surface area contributed by atoms with Crippen molar-refractivity contribution in [1.82, 2.24) is 5.32 Å². The normalized spacial score (nSPS) is 12.8. The van der Waals surface area contributed by atoms with Gasteiger partial charge in [-0.3, -0.25) is 14.4 Å². The minimum absolute atomic E-state index is 0.00296. The smallest absolute Gasteiger partial charge is 0.243 e. The zero-order chi connectivity index (χ0) is 24.9. The van der Waals surface area contributed by atoms with Crippen LogP contribution >= 0.6 is 0 Å². The maximum absolute atomic E-state index is 12.8. The Labute approximate surface area is 199 Å². The molecule has 0 radical (unpaired) electrons. The molecule has 1 aliphatic rings. The van der Waals surface area contributed by atoms with Crippen LogP contribution in [0.1, 0.15) is 26.3 Å². The standard InChI is InChI=1S/C25H32N4O5/c1-16-6-8-20(33-5)18(12-16)28-23(31)15-27-22(30)14-26-17-7-9-21-19(13-17)29(10-11-34-21)24(32)25(2,3)4/h6-9,12-13,26H,10-11,14-15H2,1-5H3,(H,27,30)(H,28,31). The summed E-state index contributed by atoms with van der Waals surface area (Å²) in [6.45, 7) is 8.23. The number of rotatable bonds is 7. The third-order valence-electron chi connectivity index (χ3n) is 5.24. The molecule has 3 rings (SSSR count). The summed E-state index contributed by atoms with van der Waals surface area (Å²) in [5.74, 6) is 0.468. The van der Waals surface area contributed by atoms with Crippen molar-refractivity contribution < 1.29 is 23.9 Å². The number of carbonyl (C=O) groups is 3. The van der Waals surface area contributed by atoms with E-state index >= 15 is 0 Å². The third-order valence-corrected chi connectivity index (χ3v) is 5.24. The van der Waals surface area contributed by atoms with Gasteiger partial charge in [-0.05, 0) is 42.8 Å². The lowest BCUT2D eigenvalue weighted by molar-refractivity contribution is -0.126. The Balaban J connectivity index is 1.55. The molecule has 34 heavy (non-hydrogen) atoms. The fourth-order valence-corrected chi connectivity index (χ4v) is 3.48. The first-order chi connectivity index (χ1) is 16.1. The molecule has 0 atom stereocenters. The van der Waals surface area contributed by atoms with Crippen LogP contribution in [-0.4, -0.2) is 51.1 Å². The molecule has 0 unspecified atom stereocenters. The van der Waals surface area contributed by atoms with Crippen molar-refractivity contribution in [3.8, 4) is 11.5 Å². The molecule has 2 aromatic carbocycles. The van der Waals surface area contributed by atoms with E-state index in [1.165, 1.54) is 7.11 Å². The van der Waals surface area contributed by atoms with Gasteiger partial charge in [-0.15, -0.1) is 0 Å². The quantitative estimate of drug-likeness (QED) is 0.577. The van der Waals surface area contributed by atoms with Gasteiger partial charge in [-0.1, -0.05) is 26.8 Å². The summed E-state index contributed by atoms with van der Waals surface area (Å²) in [5, 5.41) is 8.37. The van der Waals surface area contributed by atoms with Crippen LogP contribution in [0.15, 0.2) is 36.4 Å². The first-order valence-corrected chi connectivity index (χ1v) is 11.1. The Kier molecular flexibility index (Phi) is 7.65. The zero-order valence-corrected chi connectivity index (χ0v) is 20.3. The largest absolute Gasteiger partial charge is 0.495 e. The monoisotopic (exact) mass is 468 g/mol. The molecule has 9 nitrogen and oxygen atoms in total. The fraction of sp³-hybridized carbons (Fsp3) is 0.400. The number of benzene rings is 2. The molecule has 0 fully saturated rings. The van der Waals surface area contributed by atoms with Crippen molar-refractivity contribution in [2.24, 2.45) is 5.41 Å². The van der Waals surface area contributed by atoms with Crippen molar-refractivity contribution in [2.75, 3.05) is 48.9 Å². The van der Waals surface area contributed by atoms with Gasteiger partial charge in [-0.25, -0.2) is 0 Å². The van der Waals surface area contributed by atoms with E-state index < -0.39 is 5.41 Å². The SMILES string of the molecule is COc1ccc(C)cc1NC(=O)CNC(=O)CNc1ccc2c(c1)N(C(=O)C(C)(C)C)CCO2. The maximum Gasteiger partial charge on any atom is 0.243 e. The molecule has 0 aliphatic carbocycles. The van der Waals surface area contributed by atoms with E-state index in [0.717, 1.165) is 5.56 Å². The Morgan fingerprint density at radius 2 is 1.82 bits per heavy atom. The van der Waals surface area contributed by atoms with Crippen LogP contribution in [0.5, 0.6) is 11.5 Å². The topological polar surface area (TPSA) is 109 Å². The molecule has 0 bridgehead atoms. The molecular weight excluding hydrogens is 436 g/mol. The van der Waals surface area contributed by atoms with E-state index in [2.05, 4.69) is 16.0 Å². The van der Waals surface area contributed by atoms with Gasteiger partial charge in [0.25, 0.3) is 0 Å². The van der Waals surface area contributed by atoms with Crippen molar-refractivity contribution in [3.05, 3.63) is 42.0 Å². The number of hydrogen-bond donors (Lipinski definition) is 3. The molecule has 3 amide bonds. The number of anilines is 3. The van der Waals surface area contributed by atoms with E-state index in [-0.39, 0.29) is 30.8 Å². The summed E-state index contributed by atoms with van der Waals surface area (Å²) in [6.07, 6.45) is 0. The summed E-state index contributed by atoms with van der Waals surface area (Å²) >= 11 is 0. The van der Waals surface area contributed by atoms with Gasteiger partial charge in [-0.2, -0.15) is 0 Å². The lowest BCUT2D eigenvalue weighted by atomic mass is 9.94. The highest BCUT2D eigenvalue weighted by Gasteiger charge is 2.32. The van der Waals surface area contributed by atoms with Gasteiger partial charge in [0.15, 0.2) is 0 Å². The van der Waals surface area contributed by atoms with E-state index in [0.29, 0.717) is 41.7 Å². The minimum Gasteiger partial charge on any atom is -0.495 e. The number of ether oxygens (including phenoxy) is 2. The number of fused-ring (bicyclic) bond motifs is 1. The number of nitrogens with zero attached hydrogens (tertiary/aromatic N) is 1. The van der Waals surface area contributed by atoms with Crippen molar-refractivity contribution in [1.29, 1.82) is 0 Å². The summed E-state index contributed by atoms with van der Waals surface area (Å²) in [4.78, 5) is 39.1. The first-order valence-electron chi connectivity index (χ1n) is 11.1. The summed E-state index contributed by atoms with van der Waals surface area (Å²) < 4.78 is 10.9. The highest BCUT2D eigenvalue weighted by molar-refractivity contribution is 5.99. The molecule has 9 heteroatoms. The Hall–Kier alpha value is -3.75. The number of carbonyl (C=O) groups excluding carboxylic acids is 3. The van der Waals surface area contributed by atoms with E-state index in [4.69, 9.17) is 9.47 Å². The van der Waals surface area contributed by atoms with Crippen LogP contribution < -0.4 is 30.3 Å². The first kappa shape index (κ1) is 24.9. The second-order valence-corrected chi connectivity index (χ2v) is 9.12. The number of methoxy groups -OCH3 is 1. The van der Waals surface area contributed by atoms with Crippen LogP contribution in [0.4, 0.5) is 17.1 Å². The van der Waals surface area contributed by atoms with Gasteiger partial charge in [0, 0.05) is 11.1 Å². The molecule has 2 aromatic rings. The molecule has 182 valence electrons. The van der Waals surface area contributed by atoms with Crippen LogP contribution in [0.2, 0.25) is 0 Å². The number of aryl methyl sites for hydroxylation is 1. The molecule has 0 aromatic heterocycles. The van der Waals surface area contributed by atoms with Crippen LogP contribution in [0.25, 0.3) is 0 Å². The minimum atomic E-state index is -0.527. The van der Waals surface area contributed by atoms with Crippen LogP contribution in [-0.2, 0) is 14.4 Å². The highest BCUT2D eigenvalue weighted by atomic mass is 16.5. The highest BCUT2D eigenvalue weighted by Crippen LogP contribution is 2.36. The second kappa shape index (κ2) is 10.5. The molecular formula is C25H32N4O5. The second-order valence-electron chi connectivity index (χ2n) is 9.12. The molecule has 0 spiro atoms. The predicted octanol–water partition coefficient (Wildman–Crippen LogP) is 2.94. The van der Waals surface area contributed by atoms with Gasteiger partial charge < -0.3 is 30.3 Å². The summed E-state index contributed by atoms with van der Waals surface area (Å²) in [5.41, 5.74) is 2.33. The van der Waals surface area contributed by atoms with Crippen molar-refractivity contribution in [3.63, 3.8) is 0 Å². The fourth-order valence-electron chi connectivity index (χ4n) is 3.48. The number of amides is 3. The Morgan fingerprint density at radius 1 is 1.06 bits per heavy atom. The molecule has 1 heterocycles. The molecule has 0 saturated heterocycles. The number of hydrogen-bond acceptors (Lipinski definition) is 6. The Morgan fingerprint density at radius 3 is 2.53 bits per heavy atom. The third kappa shape index (κ3) is 6.18. The van der Waals surface area contributed by atoms with Crippen molar-refractivity contribution in [2.45, 2.75) is 27.7 Å². The molecule has 0 saturated carbocycles. The summed E-state index contributed by atoms with van der Waals surface area (Å²) in [6, 6.07) is 10.8. The van der Waals surface area contributed by atoms with Gasteiger partial charge >= 0.3 is 0 Å². The maximum atomic E-state index is 12.8. The predicted molar refractivity (Wildman–Crippen MR) is 132 cm³/mol. The molecule has 1 aliphatic heterocycles. The Bertz CT molecular complexity index is 1080. The van der Waals surface area contributed by atoms with Gasteiger partial charge in [0.2, 0.25) is 17.7 Å². The van der Waals surface area contributed by atoms with E-state index in [1.807, 2.05) is 33.8 Å². The average molecular weight is 469 g/mol. The lowest BCUT2D eigenvalue weighted by Gasteiger charge is -2.34. The van der Waals surface area contributed by atoms with Gasteiger partial charge in [0.05, 0.1) is 38.1 Å². The lowest BCUT2D eigenvalue weighted by Crippen LogP contribution is -2.44. The summed E-state index contributed by atoms with van der Waals surface area (Å²) in [7, 11) is 1.53. The van der Waals surface area contributed by atoms with Gasteiger partial charge in [0.1, 0.15) is 18.1 Å². The average Bonchev–Trinajstić information content (AvgIpc) is 2.80. The zero-order valence-electron chi connectivity index (χ0n) is 20.3. The van der Waals surface area contributed by atoms with Crippen LogP contribution in [0, 0.1) is 12.3 Å². The van der Waals surface area contributed by atoms with E-state index in [1.54, 1.807) is 35.2 Å². The van der Waals surface area contributed by atoms with Crippen molar-refractivity contribution >= 4 is 34.8 Å².